The van der Waals surface area contributed by atoms with Crippen LogP contribution in [0.4, 0.5) is 10.1 Å². The Morgan fingerprint density at radius 1 is 1.21 bits per heavy atom. The molecule has 3 amide bonds. The number of anilines is 1. The standard InChI is InChI=1S/C21H26FN3O3/c1-5-11(4)25-18(26)16-15(8-10(2)3)24-21(17(16)19(25)27)13-9-12(22)6-7-14(13)23-20(21)28/h6-7,9-11,15-17,24H,5,8H2,1-4H3,(H,23,28)/p+1/t11-,15+,16+,17-,21+/m0/s1. The zero-order chi connectivity index (χ0) is 20.4. The van der Waals surface area contributed by atoms with E-state index in [0.29, 0.717) is 30.0 Å². The number of halogens is 1. The van der Waals surface area contributed by atoms with Crippen molar-refractivity contribution >= 4 is 23.4 Å². The molecule has 3 N–H and O–H groups in total. The zero-order valence-corrected chi connectivity index (χ0v) is 16.7. The summed E-state index contributed by atoms with van der Waals surface area (Å²) in [6.07, 6.45) is 1.36. The number of amides is 3. The molecule has 2 fully saturated rings. The van der Waals surface area contributed by atoms with E-state index in [0.717, 1.165) is 0 Å². The number of hydrogen-bond acceptors (Lipinski definition) is 3. The normalized spacial score (nSPS) is 32.3. The Morgan fingerprint density at radius 2 is 1.93 bits per heavy atom. The van der Waals surface area contributed by atoms with Crippen molar-refractivity contribution in [3.8, 4) is 0 Å². The number of carbonyl (C=O) groups excluding carboxylic acids is 3. The average Bonchev–Trinajstić information content (AvgIpc) is 3.20. The first-order valence-corrected chi connectivity index (χ1v) is 10.1. The topological polar surface area (TPSA) is 83.1 Å². The van der Waals surface area contributed by atoms with Crippen LogP contribution < -0.4 is 10.6 Å². The highest BCUT2D eigenvalue weighted by Gasteiger charge is 2.74. The van der Waals surface area contributed by atoms with Crippen LogP contribution >= 0.6 is 0 Å². The summed E-state index contributed by atoms with van der Waals surface area (Å²) in [5, 5.41) is 4.69. The first kappa shape index (κ1) is 19.1. The fraction of sp³-hybridized carbons (Fsp3) is 0.571. The van der Waals surface area contributed by atoms with Gasteiger partial charge in [0.1, 0.15) is 23.7 Å². The van der Waals surface area contributed by atoms with E-state index in [1.807, 2.05) is 19.2 Å². The van der Waals surface area contributed by atoms with Crippen LogP contribution in [0.5, 0.6) is 0 Å². The summed E-state index contributed by atoms with van der Waals surface area (Å²) in [5.74, 6) is -2.36. The van der Waals surface area contributed by atoms with Crippen molar-refractivity contribution in [3.63, 3.8) is 0 Å². The number of fused-ring (bicyclic) bond motifs is 4. The smallest absolute Gasteiger partial charge is 0.291 e. The number of likely N-dealkylation sites (tertiary alicyclic amines) is 1. The highest BCUT2D eigenvalue weighted by Crippen LogP contribution is 2.50. The third-order valence-electron chi connectivity index (χ3n) is 6.64. The molecule has 0 bridgehead atoms. The molecule has 4 rings (SSSR count). The molecule has 150 valence electrons. The molecule has 3 aliphatic rings. The van der Waals surface area contributed by atoms with Gasteiger partial charge in [-0.1, -0.05) is 20.8 Å². The Morgan fingerprint density at radius 3 is 2.57 bits per heavy atom. The molecule has 2 saturated heterocycles. The molecule has 3 heterocycles. The maximum absolute atomic E-state index is 14.1. The lowest BCUT2D eigenvalue weighted by molar-refractivity contribution is -0.734. The van der Waals surface area contributed by atoms with Crippen LogP contribution in [-0.4, -0.2) is 34.7 Å². The first-order valence-electron chi connectivity index (χ1n) is 10.1. The Labute approximate surface area is 163 Å². The van der Waals surface area contributed by atoms with Crippen molar-refractivity contribution in [1.82, 2.24) is 4.90 Å². The number of nitrogens with one attached hydrogen (secondary N) is 1. The van der Waals surface area contributed by atoms with Gasteiger partial charge in [0, 0.05) is 18.0 Å². The molecular weight excluding hydrogens is 361 g/mol. The molecular formula is C21H27FN3O3+. The van der Waals surface area contributed by atoms with Crippen molar-refractivity contribution in [1.29, 1.82) is 0 Å². The van der Waals surface area contributed by atoms with E-state index in [4.69, 9.17) is 0 Å². The lowest BCUT2D eigenvalue weighted by Gasteiger charge is -2.28. The monoisotopic (exact) mass is 388 g/mol. The largest absolute Gasteiger partial charge is 0.326 e. The molecule has 0 aliphatic carbocycles. The molecule has 1 aromatic rings. The maximum atomic E-state index is 14.1. The van der Waals surface area contributed by atoms with Gasteiger partial charge in [-0.25, -0.2) is 4.39 Å². The highest BCUT2D eigenvalue weighted by atomic mass is 19.1. The van der Waals surface area contributed by atoms with Gasteiger partial charge >= 0.3 is 0 Å². The molecule has 6 nitrogen and oxygen atoms in total. The van der Waals surface area contributed by atoms with Crippen molar-refractivity contribution in [2.45, 2.75) is 58.2 Å². The molecule has 0 saturated carbocycles. The van der Waals surface area contributed by atoms with Gasteiger partial charge in [0.15, 0.2) is 0 Å². The molecule has 7 heteroatoms. The van der Waals surface area contributed by atoms with Crippen molar-refractivity contribution in [2.75, 3.05) is 5.32 Å². The van der Waals surface area contributed by atoms with E-state index in [9.17, 15) is 18.8 Å². The summed E-state index contributed by atoms with van der Waals surface area (Å²) in [5.41, 5.74) is -0.281. The molecule has 5 atom stereocenters. The SMILES string of the molecule is CC[C@H](C)N1C(=O)[C@H]2[C@@H](C1=O)[C@@]1([NH2+][C@@H]2CC(C)C)C(=O)Nc2ccc(F)cc21. The van der Waals surface area contributed by atoms with Crippen molar-refractivity contribution in [2.24, 2.45) is 17.8 Å². The van der Waals surface area contributed by atoms with E-state index in [2.05, 4.69) is 19.2 Å². The number of nitrogens with zero attached hydrogens (tertiary/aromatic N) is 1. The number of nitrogens with two attached hydrogens (primary N) is 1. The van der Waals surface area contributed by atoms with Crippen LogP contribution in [0.3, 0.4) is 0 Å². The van der Waals surface area contributed by atoms with Crippen LogP contribution in [-0.2, 0) is 19.9 Å². The second-order valence-corrected chi connectivity index (χ2v) is 8.78. The summed E-state index contributed by atoms with van der Waals surface area (Å²) in [7, 11) is 0. The van der Waals surface area contributed by atoms with E-state index in [-0.39, 0.29) is 29.8 Å². The lowest BCUT2D eigenvalue weighted by atomic mass is 9.76. The quantitative estimate of drug-likeness (QED) is 0.764. The molecule has 1 spiro atoms. The van der Waals surface area contributed by atoms with Gasteiger partial charge in [0.25, 0.3) is 5.91 Å². The van der Waals surface area contributed by atoms with Crippen LogP contribution in [0.15, 0.2) is 18.2 Å². The van der Waals surface area contributed by atoms with Gasteiger partial charge in [-0.2, -0.15) is 0 Å². The summed E-state index contributed by atoms with van der Waals surface area (Å²) in [6.45, 7) is 7.90. The minimum atomic E-state index is -1.28. The number of imide groups is 1. The van der Waals surface area contributed by atoms with Crippen LogP contribution in [0.1, 0.15) is 46.1 Å². The minimum absolute atomic E-state index is 0.194. The van der Waals surface area contributed by atoms with E-state index < -0.39 is 23.2 Å². The first-order chi connectivity index (χ1) is 13.2. The van der Waals surface area contributed by atoms with Gasteiger partial charge in [0.2, 0.25) is 17.4 Å². The predicted molar refractivity (Wildman–Crippen MR) is 100 cm³/mol. The summed E-state index contributed by atoms with van der Waals surface area (Å²) < 4.78 is 14.1. The number of carbonyl (C=O) groups is 3. The number of rotatable bonds is 4. The molecule has 1 aromatic carbocycles. The van der Waals surface area contributed by atoms with Crippen LogP contribution in [0, 0.1) is 23.6 Å². The minimum Gasteiger partial charge on any atom is -0.326 e. The highest BCUT2D eigenvalue weighted by molar-refractivity contribution is 6.14. The number of quaternary nitrogens is 1. The molecule has 0 radical (unpaired) electrons. The number of hydrogen-bond donors (Lipinski definition) is 2. The Hall–Kier alpha value is -2.28. The second-order valence-electron chi connectivity index (χ2n) is 8.78. The Bertz CT molecular complexity index is 870. The summed E-state index contributed by atoms with van der Waals surface area (Å²) in [4.78, 5) is 41.3. The van der Waals surface area contributed by atoms with Gasteiger partial charge in [-0.15, -0.1) is 0 Å². The van der Waals surface area contributed by atoms with E-state index in [1.165, 1.54) is 23.1 Å². The Balaban J connectivity index is 1.89. The second kappa shape index (κ2) is 6.37. The number of benzene rings is 1. The van der Waals surface area contributed by atoms with Gasteiger partial charge < -0.3 is 10.6 Å². The van der Waals surface area contributed by atoms with Crippen molar-refractivity contribution < 1.29 is 24.1 Å². The average molecular weight is 388 g/mol. The third kappa shape index (κ3) is 2.38. The lowest BCUT2D eigenvalue weighted by Crippen LogP contribution is -2.99. The maximum Gasteiger partial charge on any atom is 0.291 e. The van der Waals surface area contributed by atoms with Gasteiger partial charge in [0.05, 0.1) is 5.69 Å². The Kier molecular flexibility index (Phi) is 4.34. The molecule has 0 unspecified atom stereocenters. The molecule has 28 heavy (non-hydrogen) atoms. The fourth-order valence-electron chi connectivity index (χ4n) is 5.33. The fourth-order valence-corrected chi connectivity index (χ4v) is 5.33. The van der Waals surface area contributed by atoms with Crippen molar-refractivity contribution in [3.05, 3.63) is 29.6 Å². The summed E-state index contributed by atoms with van der Waals surface area (Å²) in [6, 6.07) is 3.74. The van der Waals surface area contributed by atoms with E-state index in [1.54, 1.807) is 0 Å². The summed E-state index contributed by atoms with van der Waals surface area (Å²) >= 11 is 0. The van der Waals surface area contributed by atoms with E-state index >= 15 is 0 Å². The zero-order valence-electron chi connectivity index (χ0n) is 16.7. The predicted octanol–water partition coefficient (Wildman–Crippen LogP) is 1.36. The molecule has 3 aliphatic heterocycles. The van der Waals surface area contributed by atoms with Crippen LogP contribution in [0.25, 0.3) is 0 Å². The third-order valence-corrected chi connectivity index (χ3v) is 6.64. The van der Waals surface area contributed by atoms with Gasteiger partial charge in [-0.05, 0) is 37.5 Å². The van der Waals surface area contributed by atoms with Gasteiger partial charge in [-0.3, -0.25) is 19.3 Å². The van der Waals surface area contributed by atoms with Crippen LogP contribution in [0.2, 0.25) is 0 Å². The molecule has 0 aromatic heterocycles.